The van der Waals surface area contributed by atoms with E-state index in [1.54, 1.807) is 0 Å². The molecule has 0 aliphatic heterocycles. The molecule has 1 aromatic heterocycles. The van der Waals surface area contributed by atoms with Crippen LogP contribution in [0.5, 0.6) is 0 Å². The maximum atomic E-state index is 4.50. The molecule has 0 bridgehead atoms. The van der Waals surface area contributed by atoms with Gasteiger partial charge in [-0.1, -0.05) is 40.0 Å². The van der Waals surface area contributed by atoms with E-state index in [0.29, 0.717) is 5.95 Å². The van der Waals surface area contributed by atoms with E-state index in [4.69, 9.17) is 0 Å². The summed E-state index contributed by atoms with van der Waals surface area (Å²) in [4.78, 5) is 4.50. The second-order valence-electron chi connectivity index (χ2n) is 4.22. The van der Waals surface area contributed by atoms with E-state index in [9.17, 15) is 0 Å². The number of rotatable bonds is 8. The number of aryl methyl sites for hydroxylation is 2. The Bertz CT molecular complexity index is 325. The van der Waals surface area contributed by atoms with Crippen molar-refractivity contribution in [3.8, 4) is 0 Å². The van der Waals surface area contributed by atoms with Gasteiger partial charge in [0.15, 0.2) is 0 Å². The molecule has 0 fully saturated rings. The summed E-state index contributed by atoms with van der Waals surface area (Å²) in [6.45, 7) is 7.35. The van der Waals surface area contributed by atoms with Gasteiger partial charge in [0.05, 0.1) is 11.4 Å². The molecular formula is C13H24N4. The van der Waals surface area contributed by atoms with Crippen LogP contribution in [0.4, 0.5) is 5.95 Å². The first-order valence-corrected chi connectivity index (χ1v) is 6.78. The van der Waals surface area contributed by atoms with Crippen molar-refractivity contribution < 1.29 is 0 Å². The van der Waals surface area contributed by atoms with Gasteiger partial charge in [0, 0.05) is 6.54 Å². The van der Waals surface area contributed by atoms with Crippen molar-refractivity contribution in [2.24, 2.45) is 0 Å². The van der Waals surface area contributed by atoms with Crippen molar-refractivity contribution >= 4 is 5.95 Å². The van der Waals surface area contributed by atoms with Crippen LogP contribution < -0.4 is 5.32 Å². The number of hydrogen-bond donors (Lipinski definition) is 1. The van der Waals surface area contributed by atoms with Gasteiger partial charge in [-0.25, -0.2) is 4.98 Å². The van der Waals surface area contributed by atoms with Crippen LogP contribution in [0.15, 0.2) is 0 Å². The highest BCUT2D eigenvalue weighted by atomic mass is 15.2. The zero-order valence-corrected chi connectivity index (χ0v) is 11.3. The van der Waals surface area contributed by atoms with Gasteiger partial charge in [0.25, 0.3) is 0 Å². The lowest BCUT2D eigenvalue weighted by molar-refractivity contribution is 0.681. The molecule has 0 radical (unpaired) electrons. The maximum absolute atomic E-state index is 4.50. The predicted molar refractivity (Wildman–Crippen MR) is 71.2 cm³/mol. The Labute approximate surface area is 104 Å². The molecule has 0 amide bonds. The number of anilines is 1. The van der Waals surface area contributed by atoms with E-state index in [2.05, 4.69) is 41.3 Å². The summed E-state index contributed by atoms with van der Waals surface area (Å²) in [6.07, 6.45) is 6.83. The Balaban J connectivity index is 2.43. The summed E-state index contributed by atoms with van der Waals surface area (Å²) in [5.74, 6) is 0.676. The molecule has 0 aromatic carbocycles. The van der Waals surface area contributed by atoms with E-state index in [0.717, 1.165) is 30.8 Å². The lowest BCUT2D eigenvalue weighted by Crippen LogP contribution is -2.10. The molecule has 4 heteroatoms. The molecule has 0 saturated heterocycles. The Morgan fingerprint density at radius 3 is 2.29 bits per heavy atom. The Morgan fingerprint density at radius 1 is 0.882 bits per heavy atom. The quantitative estimate of drug-likeness (QED) is 0.705. The Hall–Kier alpha value is -1.19. The van der Waals surface area contributed by atoms with E-state index in [-0.39, 0.29) is 0 Å². The lowest BCUT2D eigenvalue weighted by Gasteiger charge is -2.07. The Kier molecular flexibility index (Phi) is 6.51. The SMILES string of the molecule is CCCCCCNc1nnc(CC)c(CC)n1. The first kappa shape index (κ1) is 13.9. The summed E-state index contributed by atoms with van der Waals surface area (Å²) < 4.78 is 0. The molecule has 1 heterocycles. The number of hydrogen-bond acceptors (Lipinski definition) is 4. The highest BCUT2D eigenvalue weighted by molar-refractivity contribution is 5.25. The van der Waals surface area contributed by atoms with Gasteiger partial charge in [0.1, 0.15) is 0 Å². The van der Waals surface area contributed by atoms with Gasteiger partial charge in [-0.2, -0.15) is 5.10 Å². The first-order chi connectivity index (χ1) is 8.31. The number of unbranched alkanes of at least 4 members (excludes halogenated alkanes) is 3. The van der Waals surface area contributed by atoms with Crippen LogP contribution >= 0.6 is 0 Å². The molecule has 17 heavy (non-hydrogen) atoms. The normalized spacial score (nSPS) is 10.5. The summed E-state index contributed by atoms with van der Waals surface area (Å²) in [7, 11) is 0. The Morgan fingerprint density at radius 2 is 1.65 bits per heavy atom. The molecule has 4 nitrogen and oxygen atoms in total. The van der Waals surface area contributed by atoms with Crippen molar-refractivity contribution in [1.29, 1.82) is 0 Å². The molecule has 1 N–H and O–H groups in total. The highest BCUT2D eigenvalue weighted by Gasteiger charge is 2.05. The number of nitrogens with one attached hydrogen (secondary N) is 1. The van der Waals surface area contributed by atoms with Gasteiger partial charge in [0.2, 0.25) is 5.95 Å². The van der Waals surface area contributed by atoms with Crippen LogP contribution in [0.3, 0.4) is 0 Å². The molecular weight excluding hydrogens is 212 g/mol. The maximum Gasteiger partial charge on any atom is 0.242 e. The summed E-state index contributed by atoms with van der Waals surface area (Å²) in [5, 5.41) is 11.6. The van der Waals surface area contributed by atoms with Crippen molar-refractivity contribution in [1.82, 2.24) is 15.2 Å². The van der Waals surface area contributed by atoms with Crippen LogP contribution in [0.25, 0.3) is 0 Å². The average molecular weight is 236 g/mol. The van der Waals surface area contributed by atoms with Crippen molar-refractivity contribution in [2.45, 2.75) is 59.3 Å². The van der Waals surface area contributed by atoms with Crippen LogP contribution in [0.2, 0.25) is 0 Å². The van der Waals surface area contributed by atoms with Gasteiger partial charge in [-0.15, -0.1) is 5.10 Å². The van der Waals surface area contributed by atoms with Gasteiger partial charge >= 0.3 is 0 Å². The fourth-order valence-electron chi connectivity index (χ4n) is 1.76. The molecule has 96 valence electrons. The van der Waals surface area contributed by atoms with E-state index >= 15 is 0 Å². The van der Waals surface area contributed by atoms with E-state index < -0.39 is 0 Å². The minimum Gasteiger partial charge on any atom is -0.353 e. The minimum absolute atomic E-state index is 0.676. The van der Waals surface area contributed by atoms with Gasteiger partial charge in [-0.05, 0) is 19.3 Å². The number of nitrogens with zero attached hydrogens (tertiary/aromatic N) is 3. The zero-order chi connectivity index (χ0) is 12.5. The van der Waals surface area contributed by atoms with Crippen LogP contribution in [-0.2, 0) is 12.8 Å². The highest BCUT2D eigenvalue weighted by Crippen LogP contribution is 2.07. The molecule has 1 aromatic rings. The predicted octanol–water partition coefficient (Wildman–Crippen LogP) is 2.99. The topological polar surface area (TPSA) is 50.7 Å². The monoisotopic (exact) mass is 236 g/mol. The van der Waals surface area contributed by atoms with Crippen molar-refractivity contribution in [3.05, 3.63) is 11.4 Å². The van der Waals surface area contributed by atoms with Crippen molar-refractivity contribution in [2.75, 3.05) is 11.9 Å². The standard InChI is InChI=1S/C13H24N4/c1-4-7-8-9-10-14-13-15-11(5-2)12(6-3)16-17-13/h4-10H2,1-3H3,(H,14,15,17). The summed E-state index contributed by atoms with van der Waals surface area (Å²) in [6, 6.07) is 0. The first-order valence-electron chi connectivity index (χ1n) is 6.78. The average Bonchev–Trinajstić information content (AvgIpc) is 2.38. The largest absolute Gasteiger partial charge is 0.353 e. The van der Waals surface area contributed by atoms with E-state index in [1.165, 1.54) is 25.7 Å². The third kappa shape index (κ3) is 4.67. The van der Waals surface area contributed by atoms with Crippen LogP contribution in [0.1, 0.15) is 57.8 Å². The molecule has 0 spiro atoms. The molecule has 0 aliphatic rings. The smallest absolute Gasteiger partial charge is 0.242 e. The molecule has 0 unspecified atom stereocenters. The van der Waals surface area contributed by atoms with Gasteiger partial charge in [-0.3, -0.25) is 0 Å². The lowest BCUT2D eigenvalue weighted by atomic mass is 10.2. The van der Waals surface area contributed by atoms with Crippen LogP contribution in [-0.4, -0.2) is 21.7 Å². The van der Waals surface area contributed by atoms with Crippen LogP contribution in [0, 0.1) is 0 Å². The van der Waals surface area contributed by atoms with E-state index in [1.807, 2.05) is 0 Å². The number of aromatic nitrogens is 3. The fraction of sp³-hybridized carbons (Fsp3) is 0.769. The second kappa shape index (κ2) is 7.98. The minimum atomic E-state index is 0.676. The third-order valence-electron chi connectivity index (χ3n) is 2.82. The van der Waals surface area contributed by atoms with Crippen molar-refractivity contribution in [3.63, 3.8) is 0 Å². The summed E-state index contributed by atoms with van der Waals surface area (Å²) in [5.41, 5.74) is 2.09. The third-order valence-corrected chi connectivity index (χ3v) is 2.82. The fourth-order valence-corrected chi connectivity index (χ4v) is 1.76. The molecule has 0 saturated carbocycles. The van der Waals surface area contributed by atoms with Gasteiger partial charge < -0.3 is 5.32 Å². The zero-order valence-electron chi connectivity index (χ0n) is 11.3. The molecule has 0 atom stereocenters. The molecule has 1 rings (SSSR count). The summed E-state index contributed by atoms with van der Waals surface area (Å²) >= 11 is 0. The molecule has 0 aliphatic carbocycles. The second-order valence-corrected chi connectivity index (χ2v) is 4.22.